The van der Waals surface area contributed by atoms with Crippen molar-refractivity contribution in [2.75, 3.05) is 26.2 Å². The van der Waals surface area contributed by atoms with E-state index in [0.717, 1.165) is 6.04 Å². The highest BCUT2D eigenvalue weighted by molar-refractivity contribution is 5.00. The number of rotatable bonds is 10. The van der Waals surface area contributed by atoms with E-state index in [9.17, 15) is 0 Å². The van der Waals surface area contributed by atoms with Crippen molar-refractivity contribution >= 4 is 0 Å². The van der Waals surface area contributed by atoms with Crippen molar-refractivity contribution in [2.45, 2.75) is 84.1 Å². The van der Waals surface area contributed by atoms with Crippen molar-refractivity contribution in [2.24, 2.45) is 5.41 Å². The molecule has 2 nitrogen and oxygen atoms in total. The molecule has 0 aromatic rings. The topological polar surface area (TPSA) is 15.3 Å². The second-order valence-electron chi connectivity index (χ2n) is 7.32. The van der Waals surface area contributed by atoms with Gasteiger partial charge in [-0.3, -0.25) is 4.90 Å². The minimum atomic E-state index is 0.674. The Kier molecular flexibility index (Phi) is 6.83. The van der Waals surface area contributed by atoms with Crippen molar-refractivity contribution in [3.63, 3.8) is 0 Å². The maximum atomic E-state index is 3.48. The summed E-state index contributed by atoms with van der Waals surface area (Å²) in [5.74, 6) is 0. The van der Waals surface area contributed by atoms with Gasteiger partial charge in [0.2, 0.25) is 0 Å². The lowest BCUT2D eigenvalue weighted by atomic mass is 9.81. The van der Waals surface area contributed by atoms with Crippen LogP contribution in [0.5, 0.6) is 0 Å². The average Bonchev–Trinajstić information content (AvgIpc) is 2.87. The molecule has 2 saturated heterocycles. The number of nitrogens with zero attached hydrogens (tertiary/aromatic N) is 1. The van der Waals surface area contributed by atoms with E-state index in [1.165, 1.54) is 90.4 Å². The summed E-state index contributed by atoms with van der Waals surface area (Å²) < 4.78 is 0. The highest BCUT2D eigenvalue weighted by atomic mass is 15.2. The fourth-order valence-electron chi connectivity index (χ4n) is 4.05. The first-order valence-electron chi connectivity index (χ1n) is 9.24. The Morgan fingerprint density at radius 2 is 1.70 bits per heavy atom. The Balaban J connectivity index is 1.65. The number of unbranched alkanes of at least 4 members (excludes halogenated alkanes) is 5. The van der Waals surface area contributed by atoms with Gasteiger partial charge in [0, 0.05) is 31.1 Å². The van der Waals surface area contributed by atoms with Gasteiger partial charge in [-0.2, -0.15) is 0 Å². The van der Waals surface area contributed by atoms with E-state index in [-0.39, 0.29) is 0 Å². The van der Waals surface area contributed by atoms with Crippen LogP contribution in [0.1, 0.15) is 78.1 Å². The molecule has 0 bridgehead atoms. The van der Waals surface area contributed by atoms with Crippen LogP contribution in [0.4, 0.5) is 0 Å². The molecule has 2 aliphatic heterocycles. The molecule has 0 amide bonds. The third-order valence-electron chi connectivity index (χ3n) is 5.50. The Hall–Kier alpha value is -0.0800. The molecule has 1 unspecified atom stereocenters. The van der Waals surface area contributed by atoms with Crippen LogP contribution in [0, 0.1) is 5.41 Å². The summed E-state index contributed by atoms with van der Waals surface area (Å²) in [5.41, 5.74) is 0.674. The Morgan fingerprint density at radius 1 is 0.950 bits per heavy atom. The lowest BCUT2D eigenvalue weighted by Crippen LogP contribution is -2.55. The number of hydrogen-bond donors (Lipinski definition) is 1. The Bertz CT molecular complexity index is 260. The molecule has 1 atom stereocenters. The first kappa shape index (κ1) is 16.3. The predicted molar refractivity (Wildman–Crippen MR) is 88.2 cm³/mol. The van der Waals surface area contributed by atoms with Crippen LogP contribution in [-0.2, 0) is 0 Å². The molecule has 1 spiro atoms. The zero-order valence-electron chi connectivity index (χ0n) is 13.9. The molecule has 0 radical (unpaired) electrons. The highest BCUT2D eigenvalue weighted by Gasteiger charge is 2.44. The van der Waals surface area contributed by atoms with E-state index in [4.69, 9.17) is 0 Å². The fourth-order valence-corrected chi connectivity index (χ4v) is 4.05. The summed E-state index contributed by atoms with van der Waals surface area (Å²) >= 11 is 0. The van der Waals surface area contributed by atoms with E-state index < -0.39 is 0 Å². The number of likely N-dealkylation sites (tertiary alicyclic amines) is 1. The van der Waals surface area contributed by atoms with Crippen molar-refractivity contribution in [3.8, 4) is 0 Å². The molecule has 2 heteroatoms. The minimum Gasteiger partial charge on any atom is -0.315 e. The molecule has 1 N–H and O–H groups in total. The molecule has 2 rings (SSSR count). The quantitative estimate of drug-likeness (QED) is 0.603. The van der Waals surface area contributed by atoms with E-state index in [2.05, 4.69) is 24.1 Å². The SMILES string of the molecule is CCCCCCCCC(CCC)N1CCC2(CNC2)C1. The predicted octanol–water partition coefficient (Wildman–Crippen LogP) is 4.20. The van der Waals surface area contributed by atoms with Crippen LogP contribution in [0.25, 0.3) is 0 Å². The maximum Gasteiger partial charge on any atom is 0.00954 e. The van der Waals surface area contributed by atoms with Crippen molar-refractivity contribution < 1.29 is 0 Å². The van der Waals surface area contributed by atoms with E-state index in [1.807, 2.05) is 0 Å². The largest absolute Gasteiger partial charge is 0.315 e. The number of nitrogens with one attached hydrogen (secondary N) is 1. The van der Waals surface area contributed by atoms with Gasteiger partial charge in [-0.05, 0) is 25.8 Å². The molecule has 0 saturated carbocycles. The molecule has 2 fully saturated rings. The monoisotopic (exact) mass is 280 g/mol. The summed E-state index contributed by atoms with van der Waals surface area (Å²) in [5, 5.41) is 3.48. The first-order chi connectivity index (χ1) is 9.79. The van der Waals surface area contributed by atoms with Gasteiger partial charge in [-0.15, -0.1) is 0 Å². The van der Waals surface area contributed by atoms with Crippen LogP contribution in [0.2, 0.25) is 0 Å². The van der Waals surface area contributed by atoms with Crippen LogP contribution in [0.3, 0.4) is 0 Å². The second kappa shape index (κ2) is 8.38. The zero-order chi connectivity index (χ0) is 14.3. The molecular formula is C18H36N2. The lowest BCUT2D eigenvalue weighted by molar-refractivity contribution is 0.139. The summed E-state index contributed by atoms with van der Waals surface area (Å²) in [6, 6.07) is 0.881. The maximum absolute atomic E-state index is 3.48. The number of hydrogen-bond acceptors (Lipinski definition) is 2. The van der Waals surface area contributed by atoms with Gasteiger partial charge in [0.1, 0.15) is 0 Å². The standard InChI is InChI=1S/C18H36N2/c1-3-5-6-7-8-9-11-17(10-4-2)20-13-12-18(16-20)14-19-15-18/h17,19H,3-16H2,1-2H3. The fraction of sp³-hybridized carbons (Fsp3) is 1.00. The van der Waals surface area contributed by atoms with Gasteiger partial charge in [-0.25, -0.2) is 0 Å². The lowest BCUT2D eigenvalue weighted by Gasteiger charge is -2.40. The third kappa shape index (κ3) is 4.46. The summed E-state index contributed by atoms with van der Waals surface area (Å²) in [4.78, 5) is 2.83. The smallest absolute Gasteiger partial charge is 0.00954 e. The molecular weight excluding hydrogens is 244 g/mol. The highest BCUT2D eigenvalue weighted by Crippen LogP contribution is 2.36. The normalized spacial score (nSPS) is 23.1. The van der Waals surface area contributed by atoms with E-state index >= 15 is 0 Å². The van der Waals surface area contributed by atoms with Crippen LogP contribution >= 0.6 is 0 Å². The van der Waals surface area contributed by atoms with E-state index in [1.54, 1.807) is 0 Å². The summed E-state index contributed by atoms with van der Waals surface area (Å²) in [6.07, 6.45) is 14.3. The average molecular weight is 280 g/mol. The van der Waals surface area contributed by atoms with Crippen LogP contribution < -0.4 is 5.32 Å². The van der Waals surface area contributed by atoms with Crippen LogP contribution in [0.15, 0.2) is 0 Å². The van der Waals surface area contributed by atoms with Crippen LogP contribution in [-0.4, -0.2) is 37.1 Å². The van der Waals surface area contributed by atoms with Gasteiger partial charge < -0.3 is 5.32 Å². The second-order valence-corrected chi connectivity index (χ2v) is 7.32. The van der Waals surface area contributed by atoms with Crippen molar-refractivity contribution in [1.82, 2.24) is 10.2 Å². The molecule has 0 aliphatic carbocycles. The zero-order valence-corrected chi connectivity index (χ0v) is 13.9. The van der Waals surface area contributed by atoms with Crippen molar-refractivity contribution in [1.29, 1.82) is 0 Å². The van der Waals surface area contributed by atoms with Gasteiger partial charge in [0.15, 0.2) is 0 Å². The molecule has 0 aromatic heterocycles. The molecule has 2 heterocycles. The van der Waals surface area contributed by atoms with Gasteiger partial charge >= 0.3 is 0 Å². The first-order valence-corrected chi connectivity index (χ1v) is 9.24. The molecule has 0 aromatic carbocycles. The summed E-state index contributed by atoms with van der Waals surface area (Å²) in [6.45, 7) is 9.95. The van der Waals surface area contributed by atoms with Gasteiger partial charge in [-0.1, -0.05) is 58.8 Å². The van der Waals surface area contributed by atoms with Gasteiger partial charge in [0.25, 0.3) is 0 Å². The van der Waals surface area contributed by atoms with Crippen molar-refractivity contribution in [3.05, 3.63) is 0 Å². The molecule has 2 aliphatic rings. The Morgan fingerprint density at radius 3 is 2.30 bits per heavy atom. The molecule has 20 heavy (non-hydrogen) atoms. The van der Waals surface area contributed by atoms with E-state index in [0.29, 0.717) is 5.41 Å². The summed E-state index contributed by atoms with van der Waals surface area (Å²) in [7, 11) is 0. The van der Waals surface area contributed by atoms with Gasteiger partial charge in [0.05, 0.1) is 0 Å². The Labute approximate surface area is 126 Å². The molecule has 118 valence electrons. The minimum absolute atomic E-state index is 0.674. The third-order valence-corrected chi connectivity index (χ3v) is 5.50.